The summed E-state index contributed by atoms with van der Waals surface area (Å²) in [5, 5.41) is 10.8. The minimum absolute atomic E-state index is 0.0182. The van der Waals surface area contributed by atoms with E-state index in [9.17, 15) is 14.9 Å². The number of non-ortho nitro benzene ring substituents is 1. The van der Waals surface area contributed by atoms with Gasteiger partial charge in [-0.2, -0.15) is 0 Å². The molecule has 1 aliphatic rings. The molecule has 0 spiro atoms. The molecule has 0 saturated carbocycles. The van der Waals surface area contributed by atoms with Crippen LogP contribution in [0.25, 0.3) is 17.4 Å². The van der Waals surface area contributed by atoms with E-state index < -0.39 is 4.92 Å². The van der Waals surface area contributed by atoms with E-state index in [0.717, 1.165) is 17.5 Å². The van der Waals surface area contributed by atoms with Gasteiger partial charge >= 0.3 is 0 Å². The van der Waals surface area contributed by atoms with Gasteiger partial charge in [0.25, 0.3) is 11.6 Å². The monoisotopic (exact) mass is 436 g/mol. The van der Waals surface area contributed by atoms with Crippen LogP contribution in [0.15, 0.2) is 76.1 Å². The molecule has 0 N–H and O–H groups in total. The van der Waals surface area contributed by atoms with E-state index in [2.05, 4.69) is 0 Å². The van der Waals surface area contributed by atoms with Gasteiger partial charge in [-0.3, -0.25) is 19.8 Å². The molecule has 1 aromatic heterocycles. The van der Waals surface area contributed by atoms with E-state index in [4.69, 9.17) is 16.6 Å². The highest BCUT2D eigenvalue weighted by molar-refractivity contribution is 8.26. The van der Waals surface area contributed by atoms with Crippen LogP contribution in [0.3, 0.4) is 0 Å². The van der Waals surface area contributed by atoms with E-state index in [1.807, 2.05) is 30.3 Å². The van der Waals surface area contributed by atoms with Crippen molar-refractivity contribution in [1.29, 1.82) is 0 Å². The lowest BCUT2D eigenvalue weighted by atomic mass is 10.1. The number of amides is 1. The van der Waals surface area contributed by atoms with Gasteiger partial charge in [-0.05, 0) is 36.2 Å². The number of thioether (sulfide) groups is 1. The van der Waals surface area contributed by atoms with Gasteiger partial charge in [-0.15, -0.1) is 0 Å². The molecule has 8 heteroatoms. The molecule has 150 valence electrons. The van der Waals surface area contributed by atoms with Crippen LogP contribution in [0.2, 0.25) is 0 Å². The molecular weight excluding hydrogens is 420 g/mol. The number of thiocarbonyl (C=S) groups is 1. The smallest absolute Gasteiger partial charge is 0.269 e. The highest BCUT2D eigenvalue weighted by Gasteiger charge is 2.31. The van der Waals surface area contributed by atoms with E-state index in [0.29, 0.717) is 27.3 Å². The average molecular weight is 437 g/mol. The van der Waals surface area contributed by atoms with Crippen LogP contribution >= 0.6 is 24.0 Å². The number of hydrogen-bond donors (Lipinski definition) is 0. The van der Waals surface area contributed by atoms with Crippen molar-refractivity contribution >= 4 is 46.0 Å². The summed E-state index contributed by atoms with van der Waals surface area (Å²) in [6, 6.07) is 19.6. The molecular formula is C22H16N2O4S2. The second-order valence-corrected chi connectivity index (χ2v) is 8.25. The van der Waals surface area contributed by atoms with Crippen molar-refractivity contribution in [3.63, 3.8) is 0 Å². The van der Waals surface area contributed by atoms with Crippen molar-refractivity contribution in [1.82, 2.24) is 4.90 Å². The summed E-state index contributed by atoms with van der Waals surface area (Å²) in [6.45, 7) is 0.526. The van der Waals surface area contributed by atoms with Crippen molar-refractivity contribution < 1.29 is 14.1 Å². The van der Waals surface area contributed by atoms with Gasteiger partial charge in [0.05, 0.1) is 9.83 Å². The molecule has 2 aromatic carbocycles. The molecule has 0 bridgehead atoms. The quantitative estimate of drug-likeness (QED) is 0.226. The predicted molar refractivity (Wildman–Crippen MR) is 121 cm³/mol. The number of hydrogen-bond acceptors (Lipinski definition) is 6. The fourth-order valence-electron chi connectivity index (χ4n) is 3.04. The molecule has 4 rings (SSSR count). The van der Waals surface area contributed by atoms with Crippen LogP contribution in [0.5, 0.6) is 0 Å². The molecule has 0 radical (unpaired) electrons. The molecule has 1 aliphatic heterocycles. The first-order chi connectivity index (χ1) is 14.5. The fourth-order valence-corrected chi connectivity index (χ4v) is 4.33. The third kappa shape index (κ3) is 4.34. The maximum absolute atomic E-state index is 12.8. The third-order valence-electron chi connectivity index (χ3n) is 4.60. The Hall–Kier alpha value is -3.23. The number of rotatable bonds is 6. The van der Waals surface area contributed by atoms with Gasteiger partial charge in [-0.25, -0.2) is 0 Å². The van der Waals surface area contributed by atoms with E-state index in [1.54, 1.807) is 35.2 Å². The number of furan rings is 1. The molecule has 0 aliphatic carbocycles. The van der Waals surface area contributed by atoms with Crippen molar-refractivity contribution in [2.75, 3.05) is 6.54 Å². The Morgan fingerprint density at radius 2 is 1.80 bits per heavy atom. The number of benzene rings is 2. The van der Waals surface area contributed by atoms with Gasteiger partial charge in [0.1, 0.15) is 15.8 Å². The summed E-state index contributed by atoms with van der Waals surface area (Å²) in [6.07, 6.45) is 2.41. The lowest BCUT2D eigenvalue weighted by molar-refractivity contribution is -0.384. The normalized spacial score (nSPS) is 15.2. The van der Waals surface area contributed by atoms with E-state index >= 15 is 0 Å². The van der Waals surface area contributed by atoms with Crippen LogP contribution in [-0.4, -0.2) is 26.6 Å². The Labute approximate surface area is 182 Å². The Balaban J connectivity index is 1.46. The predicted octanol–water partition coefficient (Wildman–Crippen LogP) is 5.30. The molecule has 1 amide bonds. The molecule has 30 heavy (non-hydrogen) atoms. The summed E-state index contributed by atoms with van der Waals surface area (Å²) in [5.74, 6) is 0.955. The second-order valence-electron chi connectivity index (χ2n) is 6.57. The van der Waals surface area contributed by atoms with Gasteiger partial charge in [0.15, 0.2) is 0 Å². The SMILES string of the molecule is O=C1/C(=C/c2ccc(-c3ccc([N+](=O)[O-])cc3)o2)SC(=S)N1CCc1ccccc1. The van der Waals surface area contributed by atoms with E-state index in [-0.39, 0.29) is 11.6 Å². The average Bonchev–Trinajstić information content (AvgIpc) is 3.32. The number of carbonyl (C=O) groups is 1. The maximum atomic E-state index is 12.8. The standard InChI is InChI=1S/C22H16N2O4S2/c25-21-20(30-22(29)23(21)13-12-15-4-2-1-3-5-15)14-18-10-11-19(28-18)16-6-8-17(9-7-16)24(26)27/h1-11,14H,12-13H2/b20-14-. The first kappa shape index (κ1) is 20.1. The lowest BCUT2D eigenvalue weighted by Crippen LogP contribution is -2.30. The number of nitro groups is 1. The van der Waals surface area contributed by atoms with Crippen LogP contribution < -0.4 is 0 Å². The molecule has 1 fully saturated rings. The van der Waals surface area contributed by atoms with Gasteiger partial charge in [-0.1, -0.05) is 54.3 Å². The van der Waals surface area contributed by atoms with Crippen molar-refractivity contribution in [3.8, 4) is 11.3 Å². The number of carbonyl (C=O) groups excluding carboxylic acids is 1. The Kier molecular flexibility index (Phi) is 5.78. The number of nitro benzene ring substituents is 1. The van der Waals surface area contributed by atoms with Gasteiger partial charge in [0.2, 0.25) is 0 Å². The molecule has 1 saturated heterocycles. The van der Waals surface area contributed by atoms with Crippen LogP contribution in [0, 0.1) is 10.1 Å². The Morgan fingerprint density at radius 3 is 2.50 bits per heavy atom. The van der Waals surface area contributed by atoms with Crippen molar-refractivity contribution in [2.24, 2.45) is 0 Å². The molecule has 6 nitrogen and oxygen atoms in total. The summed E-state index contributed by atoms with van der Waals surface area (Å²) >= 11 is 6.64. The van der Waals surface area contributed by atoms with Crippen molar-refractivity contribution in [3.05, 3.63) is 93.1 Å². The topological polar surface area (TPSA) is 76.6 Å². The Bertz CT molecular complexity index is 1140. The Morgan fingerprint density at radius 1 is 1.07 bits per heavy atom. The summed E-state index contributed by atoms with van der Waals surface area (Å²) < 4.78 is 6.34. The zero-order chi connectivity index (χ0) is 21.1. The van der Waals surface area contributed by atoms with Gasteiger partial charge < -0.3 is 4.42 Å². The molecule has 0 atom stereocenters. The third-order valence-corrected chi connectivity index (χ3v) is 5.98. The van der Waals surface area contributed by atoms with Crippen LogP contribution in [-0.2, 0) is 11.2 Å². The maximum Gasteiger partial charge on any atom is 0.269 e. The van der Waals surface area contributed by atoms with Crippen molar-refractivity contribution in [2.45, 2.75) is 6.42 Å². The number of nitrogens with zero attached hydrogens (tertiary/aromatic N) is 2. The second kappa shape index (κ2) is 8.64. The summed E-state index contributed by atoms with van der Waals surface area (Å²) in [4.78, 5) is 25.2. The lowest BCUT2D eigenvalue weighted by Gasteiger charge is -2.14. The molecule has 0 unspecified atom stereocenters. The molecule has 2 heterocycles. The van der Waals surface area contributed by atoms with Crippen LogP contribution in [0.4, 0.5) is 5.69 Å². The highest BCUT2D eigenvalue weighted by atomic mass is 32.2. The summed E-state index contributed by atoms with van der Waals surface area (Å²) in [5.41, 5.74) is 1.88. The zero-order valence-corrected chi connectivity index (χ0v) is 17.3. The first-order valence-corrected chi connectivity index (χ1v) is 10.4. The zero-order valence-electron chi connectivity index (χ0n) is 15.7. The largest absolute Gasteiger partial charge is 0.457 e. The van der Waals surface area contributed by atoms with Crippen LogP contribution in [0.1, 0.15) is 11.3 Å². The highest BCUT2D eigenvalue weighted by Crippen LogP contribution is 2.34. The fraction of sp³-hybridized carbons (Fsp3) is 0.0909. The van der Waals surface area contributed by atoms with Gasteiger partial charge in [0, 0.05) is 30.3 Å². The minimum Gasteiger partial charge on any atom is -0.457 e. The summed E-state index contributed by atoms with van der Waals surface area (Å²) in [7, 11) is 0. The molecule has 3 aromatic rings. The minimum atomic E-state index is -0.447. The first-order valence-electron chi connectivity index (χ1n) is 9.15. The van der Waals surface area contributed by atoms with E-state index in [1.165, 1.54) is 23.9 Å².